The molecule has 1 aliphatic heterocycles. The summed E-state index contributed by atoms with van der Waals surface area (Å²) in [6.07, 6.45) is 5.15. The fourth-order valence-electron chi connectivity index (χ4n) is 4.21. The summed E-state index contributed by atoms with van der Waals surface area (Å²) in [5.41, 5.74) is -0.663. The lowest BCUT2D eigenvalue weighted by atomic mass is 9.83. The van der Waals surface area contributed by atoms with Crippen LogP contribution in [0.3, 0.4) is 0 Å². The minimum Gasteiger partial charge on any atom is -0.393 e. The quantitative estimate of drug-likeness (QED) is 0.504. The molecule has 2 heterocycles. The number of aliphatic hydroxyl groups is 2. The fourth-order valence-corrected chi connectivity index (χ4v) is 4.21. The van der Waals surface area contributed by atoms with E-state index in [1.165, 1.54) is 30.5 Å². The van der Waals surface area contributed by atoms with Crippen LogP contribution in [0.15, 0.2) is 54.7 Å². The Kier molecular flexibility index (Phi) is 7.09. The van der Waals surface area contributed by atoms with Crippen molar-refractivity contribution >= 4 is 17.0 Å². The Morgan fingerprint density at radius 1 is 1.09 bits per heavy atom. The maximum absolute atomic E-state index is 13.8. The zero-order valence-electron chi connectivity index (χ0n) is 17.8. The number of pyridine rings is 1. The van der Waals surface area contributed by atoms with E-state index in [0.717, 1.165) is 18.2 Å². The molecule has 0 aliphatic carbocycles. The number of fused-ring (bicyclic) bond motifs is 1. The highest BCUT2D eigenvalue weighted by Crippen LogP contribution is 2.36. The van der Waals surface area contributed by atoms with Crippen LogP contribution in [0.2, 0.25) is 0 Å². The molecular formula is C25H25F3N2O3. The number of aromatic nitrogens is 1. The number of hydrogen-bond acceptors (Lipinski definition) is 5. The number of halogens is 3. The van der Waals surface area contributed by atoms with Gasteiger partial charge < -0.3 is 20.3 Å². The summed E-state index contributed by atoms with van der Waals surface area (Å²) in [4.78, 5) is 4.20. The summed E-state index contributed by atoms with van der Waals surface area (Å²) >= 11 is 0. The van der Waals surface area contributed by atoms with E-state index in [4.69, 9.17) is 4.74 Å². The third-order valence-corrected chi connectivity index (χ3v) is 6.00. The van der Waals surface area contributed by atoms with Crippen molar-refractivity contribution in [3.8, 4) is 0 Å². The average molecular weight is 458 g/mol. The van der Waals surface area contributed by atoms with Crippen molar-refractivity contribution in [3.05, 3.63) is 83.3 Å². The largest absolute Gasteiger partial charge is 0.393 e. The molecule has 5 nitrogen and oxygen atoms in total. The van der Waals surface area contributed by atoms with Crippen LogP contribution in [-0.4, -0.2) is 47.1 Å². The van der Waals surface area contributed by atoms with Crippen LogP contribution in [0, 0.1) is 17.5 Å². The van der Waals surface area contributed by atoms with E-state index in [2.05, 4.69) is 10.3 Å². The number of nitrogens with zero attached hydrogens (tertiary/aromatic N) is 1. The standard InChI is InChI=1S/C25H25F3N2O3/c26-17-3-6-22(28)16(12-17)2-1-10-29-19-5-8-24(33-14-19)25(32,15-31)21-9-11-30-23-7-4-18(27)13-20(21)23/h1-4,6-7,9,11-13,19,24,29,31-32H,5,8,10,14-15H2/b2-1+/t19-,24?,25-/m1/s1. The molecule has 1 aliphatic rings. The van der Waals surface area contributed by atoms with E-state index >= 15 is 0 Å². The summed E-state index contributed by atoms with van der Waals surface area (Å²) in [7, 11) is 0. The lowest BCUT2D eigenvalue weighted by Crippen LogP contribution is -2.50. The average Bonchev–Trinajstić information content (AvgIpc) is 2.83. The van der Waals surface area contributed by atoms with Crippen LogP contribution in [0.4, 0.5) is 13.2 Å². The van der Waals surface area contributed by atoms with Crippen molar-refractivity contribution in [1.82, 2.24) is 10.3 Å². The van der Waals surface area contributed by atoms with Crippen molar-refractivity contribution < 1.29 is 28.1 Å². The van der Waals surface area contributed by atoms with Crippen LogP contribution in [-0.2, 0) is 10.3 Å². The van der Waals surface area contributed by atoms with Gasteiger partial charge in [0.25, 0.3) is 0 Å². The van der Waals surface area contributed by atoms with E-state index in [1.807, 2.05) is 0 Å². The lowest BCUT2D eigenvalue weighted by molar-refractivity contribution is -0.156. The van der Waals surface area contributed by atoms with Gasteiger partial charge in [-0.15, -0.1) is 0 Å². The van der Waals surface area contributed by atoms with Gasteiger partial charge in [-0.05, 0) is 60.9 Å². The first-order valence-corrected chi connectivity index (χ1v) is 10.8. The summed E-state index contributed by atoms with van der Waals surface area (Å²) in [6.45, 7) is 0.118. The normalized spacial score (nSPS) is 20.9. The van der Waals surface area contributed by atoms with E-state index in [9.17, 15) is 23.4 Å². The molecule has 8 heteroatoms. The van der Waals surface area contributed by atoms with Crippen LogP contribution >= 0.6 is 0 Å². The molecule has 33 heavy (non-hydrogen) atoms. The SMILES string of the molecule is OC[C@@](O)(c1ccnc2ccc(F)cc12)C1CC[C@@H](NC/C=C/c2cc(F)ccc2F)CO1. The smallest absolute Gasteiger partial charge is 0.139 e. The van der Waals surface area contributed by atoms with E-state index in [0.29, 0.717) is 35.9 Å². The zero-order valence-corrected chi connectivity index (χ0v) is 17.8. The fraction of sp³-hybridized carbons (Fsp3) is 0.320. The predicted octanol–water partition coefficient (Wildman–Crippen LogP) is 3.68. The second-order valence-corrected chi connectivity index (χ2v) is 8.18. The highest BCUT2D eigenvalue weighted by Gasteiger charge is 2.42. The lowest BCUT2D eigenvalue weighted by Gasteiger charge is -2.40. The van der Waals surface area contributed by atoms with Crippen molar-refractivity contribution in [1.29, 1.82) is 0 Å². The van der Waals surface area contributed by atoms with Gasteiger partial charge in [-0.25, -0.2) is 13.2 Å². The molecule has 4 rings (SSSR count). The van der Waals surface area contributed by atoms with Gasteiger partial charge >= 0.3 is 0 Å². The van der Waals surface area contributed by atoms with Crippen molar-refractivity contribution in [2.45, 2.75) is 30.6 Å². The molecule has 1 aromatic heterocycles. The van der Waals surface area contributed by atoms with Gasteiger partial charge in [0.15, 0.2) is 0 Å². The molecule has 1 fully saturated rings. The van der Waals surface area contributed by atoms with Crippen molar-refractivity contribution in [2.75, 3.05) is 19.8 Å². The number of benzene rings is 2. The van der Waals surface area contributed by atoms with Gasteiger partial charge in [0.2, 0.25) is 0 Å². The first-order chi connectivity index (χ1) is 15.9. The van der Waals surface area contributed by atoms with Gasteiger partial charge in [-0.3, -0.25) is 4.98 Å². The maximum Gasteiger partial charge on any atom is 0.139 e. The molecule has 3 atom stereocenters. The Hall–Kier alpha value is -2.78. The minimum atomic E-state index is -1.71. The highest BCUT2D eigenvalue weighted by atomic mass is 19.1. The Morgan fingerprint density at radius 2 is 1.88 bits per heavy atom. The first-order valence-electron chi connectivity index (χ1n) is 10.8. The number of ether oxygens (including phenoxy) is 1. The summed E-state index contributed by atoms with van der Waals surface area (Å²) in [6, 6.07) is 8.95. The molecular weight excluding hydrogens is 433 g/mol. The molecule has 1 saturated heterocycles. The number of rotatable bonds is 7. The molecule has 2 aromatic carbocycles. The Balaban J connectivity index is 1.39. The molecule has 0 bridgehead atoms. The second kappa shape index (κ2) is 10.0. The van der Waals surface area contributed by atoms with Gasteiger partial charge in [-0.2, -0.15) is 0 Å². The zero-order chi connectivity index (χ0) is 23.4. The molecule has 3 aromatic rings. The Bertz CT molecular complexity index is 1150. The molecule has 0 spiro atoms. The van der Waals surface area contributed by atoms with Gasteiger partial charge in [0.1, 0.15) is 23.1 Å². The van der Waals surface area contributed by atoms with Crippen molar-refractivity contribution in [2.24, 2.45) is 0 Å². The minimum absolute atomic E-state index is 0.0159. The Labute approximate surface area is 189 Å². The molecule has 3 N–H and O–H groups in total. The summed E-state index contributed by atoms with van der Waals surface area (Å²) in [5.74, 6) is -1.46. The molecule has 0 radical (unpaired) electrons. The third-order valence-electron chi connectivity index (χ3n) is 6.00. The monoisotopic (exact) mass is 458 g/mol. The number of nitrogens with one attached hydrogen (secondary N) is 1. The highest BCUT2D eigenvalue weighted by molar-refractivity contribution is 5.83. The van der Waals surface area contributed by atoms with Crippen LogP contribution in [0.5, 0.6) is 0 Å². The maximum atomic E-state index is 13.8. The molecule has 0 saturated carbocycles. The topological polar surface area (TPSA) is 74.6 Å². The molecule has 174 valence electrons. The second-order valence-electron chi connectivity index (χ2n) is 8.18. The number of hydrogen-bond donors (Lipinski definition) is 3. The van der Waals surface area contributed by atoms with E-state index in [1.54, 1.807) is 12.1 Å². The molecule has 0 amide bonds. The third kappa shape index (κ3) is 5.09. The van der Waals surface area contributed by atoms with Gasteiger partial charge in [0.05, 0.1) is 24.8 Å². The van der Waals surface area contributed by atoms with E-state index in [-0.39, 0.29) is 18.2 Å². The van der Waals surface area contributed by atoms with Gasteiger partial charge in [-0.1, -0.05) is 12.2 Å². The summed E-state index contributed by atoms with van der Waals surface area (Å²) < 4.78 is 46.7. The predicted molar refractivity (Wildman–Crippen MR) is 119 cm³/mol. The van der Waals surface area contributed by atoms with Crippen LogP contribution < -0.4 is 5.32 Å². The van der Waals surface area contributed by atoms with Gasteiger partial charge in [0, 0.05) is 29.7 Å². The first kappa shape index (κ1) is 23.4. The van der Waals surface area contributed by atoms with Crippen LogP contribution in [0.1, 0.15) is 24.0 Å². The Morgan fingerprint density at radius 3 is 2.64 bits per heavy atom. The van der Waals surface area contributed by atoms with Crippen LogP contribution in [0.25, 0.3) is 17.0 Å². The summed E-state index contributed by atoms with van der Waals surface area (Å²) in [5, 5.41) is 25.1. The number of aliphatic hydroxyl groups excluding tert-OH is 1. The molecule has 1 unspecified atom stereocenters. The van der Waals surface area contributed by atoms with Crippen molar-refractivity contribution in [3.63, 3.8) is 0 Å². The van der Waals surface area contributed by atoms with E-state index < -0.39 is 35.8 Å².